The quantitative estimate of drug-likeness (QED) is 0.602. The average molecular weight is 332 g/mol. The molecular weight excluding hydrogens is 304 g/mol. The Balaban J connectivity index is 2.47. The fourth-order valence-electron chi connectivity index (χ4n) is 3.49. The Morgan fingerprint density at radius 3 is 2.38 bits per heavy atom. The van der Waals surface area contributed by atoms with Crippen LogP contribution in [0, 0.1) is 5.92 Å². The number of hydrogen-bond acceptors (Lipinski definition) is 4. The number of phenolic OH excluding ortho intramolecular Hbond substituents is 2. The van der Waals surface area contributed by atoms with Gasteiger partial charge in [0.25, 0.3) is 0 Å². The normalized spacial score (nSPS) is 23.8. The monoisotopic (exact) mass is 332 g/mol. The number of rotatable bonds is 6. The van der Waals surface area contributed by atoms with E-state index in [0.717, 1.165) is 30.4 Å². The van der Waals surface area contributed by atoms with E-state index in [9.17, 15) is 20.4 Å². The van der Waals surface area contributed by atoms with Crippen molar-refractivity contribution < 1.29 is 20.4 Å². The summed E-state index contributed by atoms with van der Waals surface area (Å²) >= 11 is 0. The highest BCUT2D eigenvalue weighted by atomic mass is 16.3. The van der Waals surface area contributed by atoms with Crippen molar-refractivity contribution in [1.29, 1.82) is 0 Å². The highest BCUT2D eigenvalue weighted by molar-refractivity contribution is 5.52. The van der Waals surface area contributed by atoms with Gasteiger partial charge in [-0.3, -0.25) is 0 Å². The van der Waals surface area contributed by atoms with E-state index >= 15 is 0 Å². The van der Waals surface area contributed by atoms with Gasteiger partial charge in [0.15, 0.2) is 0 Å². The van der Waals surface area contributed by atoms with Crippen LogP contribution >= 0.6 is 0 Å². The van der Waals surface area contributed by atoms with E-state index < -0.39 is 6.10 Å². The zero-order valence-corrected chi connectivity index (χ0v) is 14.5. The molecule has 0 spiro atoms. The van der Waals surface area contributed by atoms with Crippen LogP contribution in [0.25, 0.3) is 0 Å². The Bertz CT molecular complexity index is 610. The molecule has 1 aromatic rings. The average Bonchev–Trinajstić information content (AvgIpc) is 2.53. The van der Waals surface area contributed by atoms with Crippen LogP contribution in [0.2, 0.25) is 0 Å². The van der Waals surface area contributed by atoms with Gasteiger partial charge in [-0.25, -0.2) is 0 Å². The molecule has 132 valence electrons. The highest BCUT2D eigenvalue weighted by Crippen LogP contribution is 2.46. The lowest BCUT2D eigenvalue weighted by atomic mass is 9.72. The molecule has 1 aliphatic carbocycles. The van der Waals surface area contributed by atoms with Crippen molar-refractivity contribution in [1.82, 2.24) is 0 Å². The number of aliphatic hydroxyl groups is 2. The van der Waals surface area contributed by atoms with Crippen LogP contribution < -0.4 is 0 Å². The molecule has 4 heteroatoms. The SMILES string of the molecule is C=C(C)[C@@H]1CC(O)C(CO)=CC1c1c(O)cc(CCCC)cc1O. The second kappa shape index (κ2) is 7.86. The number of allylic oxidation sites excluding steroid dienone is 2. The molecule has 2 unspecified atom stereocenters. The van der Waals surface area contributed by atoms with Crippen molar-refractivity contribution >= 4 is 0 Å². The van der Waals surface area contributed by atoms with Crippen LogP contribution in [0.1, 0.15) is 50.2 Å². The van der Waals surface area contributed by atoms with E-state index in [1.165, 1.54) is 0 Å². The molecule has 0 aliphatic heterocycles. The van der Waals surface area contributed by atoms with Gasteiger partial charge in [-0.05, 0) is 55.4 Å². The number of phenols is 2. The maximum atomic E-state index is 10.5. The molecule has 2 rings (SSSR count). The number of aromatic hydroxyl groups is 2. The van der Waals surface area contributed by atoms with Gasteiger partial charge >= 0.3 is 0 Å². The van der Waals surface area contributed by atoms with Gasteiger partial charge in [0.05, 0.1) is 12.7 Å². The largest absolute Gasteiger partial charge is 0.507 e. The Morgan fingerprint density at radius 2 is 1.88 bits per heavy atom. The minimum Gasteiger partial charge on any atom is -0.507 e. The number of aryl methyl sites for hydroxylation is 1. The van der Waals surface area contributed by atoms with Crippen molar-refractivity contribution in [3.8, 4) is 11.5 Å². The van der Waals surface area contributed by atoms with Crippen LogP contribution in [0.15, 0.2) is 35.9 Å². The van der Waals surface area contributed by atoms with E-state index in [0.29, 0.717) is 17.6 Å². The second-order valence-corrected chi connectivity index (χ2v) is 6.78. The summed E-state index contributed by atoms with van der Waals surface area (Å²) in [6.07, 6.45) is 4.31. The van der Waals surface area contributed by atoms with Crippen LogP contribution in [0.5, 0.6) is 11.5 Å². The first-order valence-electron chi connectivity index (χ1n) is 8.58. The molecule has 1 aromatic carbocycles. The standard InChI is InChI=1S/C20H28O4/c1-4-5-6-13-7-18(23)20(19(24)8-13)16-9-14(11-21)17(22)10-15(16)12(2)3/h7-9,15-17,21-24H,2,4-6,10-11H2,1,3H3/t15-,16?,17?/m0/s1. The third kappa shape index (κ3) is 3.82. The predicted molar refractivity (Wildman–Crippen MR) is 95.2 cm³/mol. The van der Waals surface area contributed by atoms with E-state index in [1.807, 2.05) is 6.92 Å². The van der Waals surface area contributed by atoms with E-state index in [-0.39, 0.29) is 29.9 Å². The Kier molecular flexibility index (Phi) is 6.08. The smallest absolute Gasteiger partial charge is 0.123 e. The third-order valence-electron chi connectivity index (χ3n) is 4.90. The maximum absolute atomic E-state index is 10.5. The summed E-state index contributed by atoms with van der Waals surface area (Å²) in [6.45, 7) is 7.73. The van der Waals surface area contributed by atoms with E-state index in [4.69, 9.17) is 0 Å². The predicted octanol–water partition coefficient (Wildman–Crippen LogP) is 3.40. The number of hydrogen-bond donors (Lipinski definition) is 4. The molecule has 0 radical (unpaired) electrons. The van der Waals surface area contributed by atoms with Crippen molar-refractivity contribution in [2.75, 3.05) is 6.61 Å². The molecule has 0 bridgehead atoms. The molecule has 3 atom stereocenters. The molecule has 0 fully saturated rings. The van der Waals surface area contributed by atoms with Crippen LogP contribution in [-0.4, -0.2) is 33.1 Å². The molecule has 24 heavy (non-hydrogen) atoms. The Labute approximate surface area is 143 Å². The van der Waals surface area contributed by atoms with Crippen molar-refractivity contribution in [3.63, 3.8) is 0 Å². The summed E-state index contributed by atoms with van der Waals surface area (Å²) in [5.41, 5.74) is 2.75. The minimum absolute atomic E-state index is 0.0577. The zero-order valence-electron chi connectivity index (χ0n) is 14.5. The lowest BCUT2D eigenvalue weighted by molar-refractivity contribution is 0.149. The summed E-state index contributed by atoms with van der Waals surface area (Å²) in [6, 6.07) is 3.41. The zero-order chi connectivity index (χ0) is 17.9. The lowest BCUT2D eigenvalue weighted by Crippen LogP contribution is -2.28. The van der Waals surface area contributed by atoms with Gasteiger partial charge in [-0.1, -0.05) is 31.6 Å². The first-order valence-corrected chi connectivity index (χ1v) is 8.58. The molecule has 4 nitrogen and oxygen atoms in total. The van der Waals surface area contributed by atoms with Crippen molar-refractivity contribution in [3.05, 3.63) is 47.1 Å². The van der Waals surface area contributed by atoms with Gasteiger partial charge in [0, 0.05) is 11.5 Å². The van der Waals surface area contributed by atoms with Crippen molar-refractivity contribution in [2.24, 2.45) is 5.92 Å². The van der Waals surface area contributed by atoms with Gasteiger partial charge in [-0.15, -0.1) is 0 Å². The van der Waals surface area contributed by atoms with Gasteiger partial charge in [0.2, 0.25) is 0 Å². The fourth-order valence-corrected chi connectivity index (χ4v) is 3.49. The maximum Gasteiger partial charge on any atom is 0.123 e. The minimum atomic E-state index is -0.721. The summed E-state index contributed by atoms with van der Waals surface area (Å²) in [7, 11) is 0. The summed E-state index contributed by atoms with van der Waals surface area (Å²) in [5, 5.41) is 40.6. The summed E-state index contributed by atoms with van der Waals surface area (Å²) in [4.78, 5) is 0. The fraction of sp³-hybridized carbons (Fsp3) is 0.500. The van der Waals surface area contributed by atoms with Gasteiger partial charge in [-0.2, -0.15) is 0 Å². The van der Waals surface area contributed by atoms with E-state index in [2.05, 4.69) is 13.5 Å². The molecule has 0 aromatic heterocycles. The highest BCUT2D eigenvalue weighted by Gasteiger charge is 2.34. The molecule has 1 aliphatic rings. The van der Waals surface area contributed by atoms with Crippen LogP contribution in [0.4, 0.5) is 0 Å². The molecule has 0 heterocycles. The lowest BCUT2D eigenvalue weighted by Gasteiger charge is -2.34. The number of benzene rings is 1. The number of unbranched alkanes of at least 4 members (excludes halogenated alkanes) is 1. The van der Waals surface area contributed by atoms with Crippen molar-refractivity contribution in [2.45, 2.75) is 51.6 Å². The molecule has 0 saturated heterocycles. The Morgan fingerprint density at radius 1 is 1.25 bits per heavy atom. The summed E-state index contributed by atoms with van der Waals surface area (Å²) < 4.78 is 0. The third-order valence-corrected chi connectivity index (χ3v) is 4.90. The molecule has 0 saturated carbocycles. The van der Waals surface area contributed by atoms with Crippen LogP contribution in [-0.2, 0) is 6.42 Å². The number of aliphatic hydroxyl groups excluding tert-OH is 2. The first-order chi connectivity index (χ1) is 11.4. The van der Waals surface area contributed by atoms with Gasteiger partial charge < -0.3 is 20.4 Å². The summed E-state index contributed by atoms with van der Waals surface area (Å²) in [5.74, 6) is -0.300. The molecule has 4 N–H and O–H groups in total. The molecule has 0 amide bonds. The second-order valence-electron chi connectivity index (χ2n) is 6.78. The van der Waals surface area contributed by atoms with Crippen LogP contribution in [0.3, 0.4) is 0 Å². The first kappa shape index (κ1) is 18.6. The molecular formula is C20H28O4. The van der Waals surface area contributed by atoms with Gasteiger partial charge in [0.1, 0.15) is 11.5 Å². The van der Waals surface area contributed by atoms with E-state index in [1.54, 1.807) is 18.2 Å². The Hall–Kier alpha value is -1.78. The topological polar surface area (TPSA) is 80.9 Å².